The molecule has 1 aromatic heterocycles. The van der Waals surface area contributed by atoms with Gasteiger partial charge in [0.2, 0.25) is 0 Å². The summed E-state index contributed by atoms with van der Waals surface area (Å²) in [6.45, 7) is 2.45. The summed E-state index contributed by atoms with van der Waals surface area (Å²) < 4.78 is 24.0. The summed E-state index contributed by atoms with van der Waals surface area (Å²) in [4.78, 5) is 32.7. The Kier molecular flexibility index (Phi) is 5.08. The standard InChI is InChI=1S/C17H18FN3O4/c1-11-19-14(8-16(22)20-11)15-9-24-6-5-21(15)17(23)10-25-13-4-2-3-12(18)7-13/h2-4,7-8,15H,5-6,9-10H2,1H3,(H,19,20,22)/t15-/m1/s1. The molecule has 132 valence electrons. The van der Waals surface area contributed by atoms with Gasteiger partial charge in [-0.05, 0) is 19.1 Å². The van der Waals surface area contributed by atoms with Gasteiger partial charge < -0.3 is 19.4 Å². The van der Waals surface area contributed by atoms with E-state index in [0.29, 0.717) is 24.7 Å². The van der Waals surface area contributed by atoms with Gasteiger partial charge in [0.25, 0.3) is 11.5 Å². The van der Waals surface area contributed by atoms with E-state index in [1.54, 1.807) is 17.9 Å². The van der Waals surface area contributed by atoms with Gasteiger partial charge in [-0.15, -0.1) is 0 Å². The third kappa shape index (κ3) is 4.21. The molecule has 0 radical (unpaired) electrons. The molecule has 0 aliphatic carbocycles. The van der Waals surface area contributed by atoms with Crippen molar-refractivity contribution < 1.29 is 18.7 Å². The van der Waals surface area contributed by atoms with E-state index in [1.807, 2.05) is 0 Å². The van der Waals surface area contributed by atoms with Crippen LogP contribution < -0.4 is 10.3 Å². The summed E-state index contributed by atoms with van der Waals surface area (Å²) in [6, 6.07) is 6.50. The van der Waals surface area contributed by atoms with Crippen molar-refractivity contribution in [2.24, 2.45) is 0 Å². The fraction of sp³-hybridized carbons (Fsp3) is 0.353. The zero-order chi connectivity index (χ0) is 17.8. The fourth-order valence-corrected chi connectivity index (χ4v) is 2.71. The summed E-state index contributed by atoms with van der Waals surface area (Å²) >= 11 is 0. The van der Waals surface area contributed by atoms with Gasteiger partial charge in [0, 0.05) is 18.7 Å². The maximum atomic E-state index is 13.2. The van der Waals surface area contributed by atoms with Crippen LogP contribution in [0.3, 0.4) is 0 Å². The molecule has 7 nitrogen and oxygen atoms in total. The molecule has 1 amide bonds. The van der Waals surface area contributed by atoms with Crippen LogP contribution in [-0.4, -0.2) is 47.1 Å². The van der Waals surface area contributed by atoms with Crippen LogP contribution in [0.4, 0.5) is 4.39 Å². The second-order valence-corrected chi connectivity index (χ2v) is 5.68. The SMILES string of the molecule is Cc1nc([C@H]2COCCN2C(=O)COc2cccc(F)c2)cc(=O)[nH]1. The van der Waals surface area contributed by atoms with E-state index in [-0.39, 0.29) is 30.4 Å². The maximum absolute atomic E-state index is 13.2. The summed E-state index contributed by atoms with van der Waals surface area (Å²) in [5.74, 6) is 0.0365. The van der Waals surface area contributed by atoms with Crippen LogP contribution in [0, 0.1) is 12.7 Å². The molecular formula is C17H18FN3O4. The summed E-state index contributed by atoms with van der Waals surface area (Å²) in [7, 11) is 0. The van der Waals surface area contributed by atoms with Gasteiger partial charge in [-0.2, -0.15) is 0 Å². The average molecular weight is 347 g/mol. The molecule has 1 atom stereocenters. The molecule has 25 heavy (non-hydrogen) atoms. The highest BCUT2D eigenvalue weighted by molar-refractivity contribution is 5.78. The third-order valence-corrected chi connectivity index (χ3v) is 3.83. The number of carbonyl (C=O) groups is 1. The number of halogens is 1. The van der Waals surface area contributed by atoms with Gasteiger partial charge in [-0.1, -0.05) is 6.07 Å². The third-order valence-electron chi connectivity index (χ3n) is 3.83. The first-order chi connectivity index (χ1) is 12.0. The lowest BCUT2D eigenvalue weighted by molar-refractivity contribution is -0.142. The first kappa shape index (κ1) is 17.1. The van der Waals surface area contributed by atoms with E-state index in [9.17, 15) is 14.0 Å². The van der Waals surface area contributed by atoms with Crippen molar-refractivity contribution in [1.29, 1.82) is 0 Å². The number of hydrogen-bond donors (Lipinski definition) is 1. The number of ether oxygens (including phenoxy) is 2. The Hall–Kier alpha value is -2.74. The van der Waals surface area contributed by atoms with Crippen LogP contribution in [0.1, 0.15) is 17.6 Å². The van der Waals surface area contributed by atoms with E-state index in [2.05, 4.69) is 9.97 Å². The highest BCUT2D eigenvalue weighted by Gasteiger charge is 2.30. The summed E-state index contributed by atoms with van der Waals surface area (Å²) in [5, 5.41) is 0. The molecule has 1 N–H and O–H groups in total. The van der Waals surface area contributed by atoms with Crippen molar-refractivity contribution in [2.75, 3.05) is 26.4 Å². The minimum atomic E-state index is -0.460. The van der Waals surface area contributed by atoms with E-state index >= 15 is 0 Å². The van der Waals surface area contributed by atoms with Crippen LogP contribution in [0.25, 0.3) is 0 Å². The van der Waals surface area contributed by atoms with Crippen LogP contribution in [0.2, 0.25) is 0 Å². The number of H-pyrrole nitrogens is 1. The molecule has 0 spiro atoms. The van der Waals surface area contributed by atoms with Crippen LogP contribution in [0.15, 0.2) is 35.1 Å². The Morgan fingerprint density at radius 3 is 3.08 bits per heavy atom. The Balaban J connectivity index is 1.73. The molecule has 1 aliphatic heterocycles. The van der Waals surface area contributed by atoms with Gasteiger partial charge in [-0.25, -0.2) is 9.37 Å². The molecule has 1 aromatic carbocycles. The number of aryl methyl sites for hydroxylation is 1. The summed E-state index contributed by atoms with van der Waals surface area (Å²) in [5.41, 5.74) is 0.191. The van der Waals surface area contributed by atoms with Gasteiger partial charge >= 0.3 is 0 Å². The Bertz CT molecular complexity index is 824. The number of rotatable bonds is 4. The van der Waals surface area contributed by atoms with Gasteiger partial charge in [-0.3, -0.25) is 9.59 Å². The number of aromatic nitrogens is 2. The lowest BCUT2D eigenvalue weighted by Crippen LogP contribution is -2.46. The first-order valence-corrected chi connectivity index (χ1v) is 7.86. The molecule has 8 heteroatoms. The fourth-order valence-electron chi connectivity index (χ4n) is 2.71. The molecule has 1 fully saturated rings. The lowest BCUT2D eigenvalue weighted by atomic mass is 10.1. The number of aromatic amines is 1. The van der Waals surface area contributed by atoms with Crippen LogP contribution in [-0.2, 0) is 9.53 Å². The van der Waals surface area contributed by atoms with Crippen LogP contribution >= 0.6 is 0 Å². The average Bonchev–Trinajstić information content (AvgIpc) is 2.59. The van der Waals surface area contributed by atoms with E-state index in [0.717, 1.165) is 0 Å². The van der Waals surface area contributed by atoms with Gasteiger partial charge in [0.05, 0.1) is 24.9 Å². The van der Waals surface area contributed by atoms with Crippen LogP contribution in [0.5, 0.6) is 5.75 Å². The molecule has 0 bridgehead atoms. The normalized spacial score (nSPS) is 17.4. The topological polar surface area (TPSA) is 84.5 Å². The predicted molar refractivity (Wildman–Crippen MR) is 86.8 cm³/mol. The summed E-state index contributed by atoms with van der Waals surface area (Å²) in [6.07, 6.45) is 0. The molecule has 2 aromatic rings. The number of carbonyl (C=O) groups excluding carboxylic acids is 1. The quantitative estimate of drug-likeness (QED) is 0.898. The number of hydrogen-bond acceptors (Lipinski definition) is 5. The Morgan fingerprint density at radius 2 is 2.32 bits per heavy atom. The number of nitrogens with zero attached hydrogens (tertiary/aromatic N) is 2. The number of amides is 1. The molecular weight excluding hydrogens is 329 g/mol. The van der Waals surface area contributed by atoms with Crippen molar-refractivity contribution in [2.45, 2.75) is 13.0 Å². The van der Waals surface area contributed by atoms with Crippen molar-refractivity contribution >= 4 is 5.91 Å². The monoisotopic (exact) mass is 347 g/mol. The van der Waals surface area contributed by atoms with Crippen molar-refractivity contribution in [3.63, 3.8) is 0 Å². The number of morpholine rings is 1. The second-order valence-electron chi connectivity index (χ2n) is 5.68. The minimum absolute atomic E-state index is 0.234. The first-order valence-electron chi connectivity index (χ1n) is 7.86. The van der Waals surface area contributed by atoms with E-state index < -0.39 is 11.9 Å². The zero-order valence-corrected chi connectivity index (χ0v) is 13.7. The maximum Gasteiger partial charge on any atom is 0.261 e. The largest absolute Gasteiger partial charge is 0.484 e. The molecule has 0 unspecified atom stereocenters. The number of benzene rings is 1. The smallest absolute Gasteiger partial charge is 0.261 e. The second kappa shape index (κ2) is 7.43. The highest BCUT2D eigenvalue weighted by Crippen LogP contribution is 2.22. The molecule has 0 saturated carbocycles. The molecule has 3 rings (SSSR count). The van der Waals surface area contributed by atoms with E-state index in [4.69, 9.17) is 9.47 Å². The highest BCUT2D eigenvalue weighted by atomic mass is 19.1. The van der Waals surface area contributed by atoms with Gasteiger partial charge in [0.15, 0.2) is 6.61 Å². The van der Waals surface area contributed by atoms with E-state index in [1.165, 1.54) is 24.3 Å². The van der Waals surface area contributed by atoms with Crippen molar-refractivity contribution in [3.8, 4) is 5.75 Å². The molecule has 2 heterocycles. The predicted octanol–water partition coefficient (Wildman–Crippen LogP) is 1.20. The van der Waals surface area contributed by atoms with Crippen molar-refractivity contribution in [3.05, 3.63) is 58.0 Å². The molecule has 1 saturated heterocycles. The minimum Gasteiger partial charge on any atom is -0.484 e. The zero-order valence-electron chi connectivity index (χ0n) is 13.7. The number of nitrogens with one attached hydrogen (secondary N) is 1. The lowest BCUT2D eigenvalue weighted by Gasteiger charge is -2.35. The Labute approximate surface area is 143 Å². The molecule has 1 aliphatic rings. The van der Waals surface area contributed by atoms with Gasteiger partial charge in [0.1, 0.15) is 17.4 Å². The Morgan fingerprint density at radius 1 is 1.48 bits per heavy atom. The van der Waals surface area contributed by atoms with Crippen molar-refractivity contribution in [1.82, 2.24) is 14.9 Å².